The molecule has 0 bridgehead atoms. The Hall–Kier alpha value is -3.27. The molecule has 0 amide bonds. The van der Waals surface area contributed by atoms with Crippen molar-refractivity contribution in [2.75, 3.05) is 0 Å². The molecule has 0 spiro atoms. The van der Waals surface area contributed by atoms with E-state index in [-0.39, 0.29) is 11.6 Å². The molecule has 0 saturated heterocycles. The van der Waals surface area contributed by atoms with E-state index in [1.165, 1.54) is 12.1 Å². The van der Waals surface area contributed by atoms with E-state index in [9.17, 15) is 9.18 Å². The minimum Gasteiger partial charge on any atom is -0.290 e. The number of ketones is 1. The fourth-order valence-electron chi connectivity index (χ4n) is 4.21. The van der Waals surface area contributed by atoms with Crippen LogP contribution in [0, 0.1) is 5.82 Å². The minimum atomic E-state index is -0.240. The number of aromatic nitrogens is 2. The molecule has 5 rings (SSSR count). The van der Waals surface area contributed by atoms with Gasteiger partial charge in [0.15, 0.2) is 12.2 Å². The van der Waals surface area contributed by atoms with Gasteiger partial charge in [-0.2, -0.15) is 0 Å². The van der Waals surface area contributed by atoms with Crippen molar-refractivity contribution in [3.8, 4) is 11.3 Å². The van der Waals surface area contributed by atoms with E-state index in [2.05, 4.69) is 9.13 Å². The summed E-state index contributed by atoms with van der Waals surface area (Å²) in [5.74, 6) is 1.02. The highest BCUT2D eigenvalue weighted by atomic mass is 19.1. The van der Waals surface area contributed by atoms with Gasteiger partial charge < -0.3 is 0 Å². The molecule has 0 aliphatic carbocycles. The maximum absolute atomic E-state index is 13.3. The Morgan fingerprint density at radius 1 is 1.00 bits per heavy atom. The molecule has 0 atom stereocenters. The molecular formula is C24H20FN2O+. The van der Waals surface area contributed by atoms with E-state index < -0.39 is 0 Å². The molecule has 138 valence electrons. The lowest BCUT2D eigenvalue weighted by atomic mass is 10.0. The third-order valence-electron chi connectivity index (χ3n) is 5.54. The Labute approximate surface area is 162 Å². The summed E-state index contributed by atoms with van der Waals surface area (Å²) in [5.41, 5.74) is 2.77. The maximum Gasteiger partial charge on any atom is 0.257 e. The molecule has 1 aliphatic rings. The monoisotopic (exact) mass is 371 g/mol. The number of imidazole rings is 1. The van der Waals surface area contributed by atoms with Gasteiger partial charge in [0.05, 0.1) is 13.0 Å². The van der Waals surface area contributed by atoms with Gasteiger partial charge in [0.2, 0.25) is 5.78 Å². The van der Waals surface area contributed by atoms with Crippen molar-refractivity contribution in [3.63, 3.8) is 0 Å². The predicted octanol–water partition coefficient (Wildman–Crippen LogP) is 4.56. The van der Waals surface area contributed by atoms with Crippen LogP contribution in [-0.2, 0) is 19.5 Å². The minimum absolute atomic E-state index is 0.104. The van der Waals surface area contributed by atoms with E-state index in [1.807, 2.05) is 48.7 Å². The summed E-state index contributed by atoms with van der Waals surface area (Å²) in [6.07, 6.45) is 4.04. The molecule has 4 aromatic rings. The molecule has 0 N–H and O–H groups in total. The number of carbonyl (C=O) groups excluding carboxylic acids is 1. The Morgan fingerprint density at radius 2 is 1.79 bits per heavy atom. The number of rotatable bonds is 4. The third-order valence-corrected chi connectivity index (χ3v) is 5.54. The van der Waals surface area contributed by atoms with Gasteiger partial charge in [-0.1, -0.05) is 42.5 Å². The van der Waals surface area contributed by atoms with E-state index in [1.54, 1.807) is 12.1 Å². The molecule has 0 unspecified atom stereocenters. The van der Waals surface area contributed by atoms with E-state index >= 15 is 0 Å². The zero-order chi connectivity index (χ0) is 19.1. The lowest BCUT2D eigenvalue weighted by molar-refractivity contribution is -0.689. The summed E-state index contributed by atoms with van der Waals surface area (Å²) in [6.45, 7) is 1.24. The second kappa shape index (κ2) is 6.71. The molecule has 3 nitrogen and oxygen atoms in total. The third kappa shape index (κ3) is 2.82. The Kier molecular flexibility index (Phi) is 4.05. The van der Waals surface area contributed by atoms with Crippen molar-refractivity contribution < 1.29 is 13.8 Å². The van der Waals surface area contributed by atoms with Crippen molar-refractivity contribution in [2.24, 2.45) is 0 Å². The number of nitrogens with zero attached hydrogens (tertiary/aromatic N) is 2. The molecule has 0 fully saturated rings. The van der Waals surface area contributed by atoms with E-state index in [4.69, 9.17) is 0 Å². The van der Waals surface area contributed by atoms with Gasteiger partial charge in [-0.25, -0.2) is 13.5 Å². The first-order valence-corrected chi connectivity index (χ1v) is 9.59. The summed E-state index contributed by atoms with van der Waals surface area (Å²) < 4.78 is 17.6. The van der Waals surface area contributed by atoms with Crippen molar-refractivity contribution >= 4 is 16.6 Å². The highest BCUT2D eigenvalue weighted by Crippen LogP contribution is 2.25. The first kappa shape index (κ1) is 16.9. The fourth-order valence-corrected chi connectivity index (χ4v) is 4.21. The number of halogens is 1. The molecule has 3 aromatic carbocycles. The average Bonchev–Trinajstić information content (AvgIpc) is 3.32. The van der Waals surface area contributed by atoms with Crippen LogP contribution in [0.3, 0.4) is 0 Å². The quantitative estimate of drug-likeness (QED) is 0.381. The molecule has 0 radical (unpaired) electrons. The first-order valence-electron chi connectivity index (χ1n) is 9.59. The zero-order valence-electron chi connectivity index (χ0n) is 15.4. The second-order valence-corrected chi connectivity index (χ2v) is 7.27. The average molecular weight is 371 g/mol. The summed E-state index contributed by atoms with van der Waals surface area (Å²) in [4.78, 5) is 13.1. The van der Waals surface area contributed by atoms with Crippen molar-refractivity contribution in [1.82, 2.24) is 4.57 Å². The number of benzene rings is 3. The van der Waals surface area contributed by atoms with Crippen molar-refractivity contribution in [3.05, 3.63) is 90.1 Å². The van der Waals surface area contributed by atoms with Gasteiger partial charge in [0, 0.05) is 11.1 Å². The van der Waals surface area contributed by atoms with Crippen LogP contribution in [0.5, 0.6) is 0 Å². The summed E-state index contributed by atoms with van der Waals surface area (Å²) in [6, 6.07) is 20.4. The molecule has 0 saturated carbocycles. The summed E-state index contributed by atoms with van der Waals surface area (Å²) in [7, 11) is 0. The molecule has 2 heterocycles. The first-order chi connectivity index (χ1) is 13.7. The van der Waals surface area contributed by atoms with Crippen molar-refractivity contribution in [1.29, 1.82) is 0 Å². The number of hydrogen-bond acceptors (Lipinski definition) is 1. The Morgan fingerprint density at radius 3 is 2.64 bits per heavy atom. The van der Waals surface area contributed by atoms with E-state index in [0.717, 1.165) is 52.8 Å². The summed E-state index contributed by atoms with van der Waals surface area (Å²) >= 11 is 0. The van der Waals surface area contributed by atoms with Crippen LogP contribution < -0.4 is 4.57 Å². The van der Waals surface area contributed by atoms with Crippen LogP contribution in [0.4, 0.5) is 4.39 Å². The Balaban J connectivity index is 1.53. The molecule has 1 aliphatic heterocycles. The number of fused-ring (bicyclic) bond motifs is 2. The molecule has 28 heavy (non-hydrogen) atoms. The lowest BCUT2D eigenvalue weighted by Crippen LogP contribution is -2.40. The topological polar surface area (TPSA) is 25.9 Å². The SMILES string of the molecule is O=C(C[n+]1cc(-c2ccc(F)cc2)n2c1CCC2)c1cccc2ccccc12. The molecule has 4 heteroatoms. The fraction of sp³-hybridized carbons (Fsp3) is 0.167. The van der Waals surface area contributed by atoms with Crippen LogP contribution in [0.15, 0.2) is 72.9 Å². The standard InChI is InChI=1S/C24H20FN2O/c25-19-12-10-18(11-13-19)22-15-26(24-9-4-14-27(22)24)16-23(28)21-8-3-6-17-5-1-2-7-20(17)21/h1-3,5-8,10-13,15H,4,9,14,16H2/q+1. The van der Waals surface area contributed by atoms with Gasteiger partial charge in [-0.05, 0) is 41.5 Å². The van der Waals surface area contributed by atoms with E-state index in [0.29, 0.717) is 6.54 Å². The maximum atomic E-state index is 13.3. The second-order valence-electron chi connectivity index (χ2n) is 7.27. The van der Waals surface area contributed by atoms with Gasteiger partial charge in [0.25, 0.3) is 5.82 Å². The molecular weight excluding hydrogens is 351 g/mol. The van der Waals surface area contributed by atoms with Gasteiger partial charge in [-0.15, -0.1) is 0 Å². The smallest absolute Gasteiger partial charge is 0.257 e. The number of hydrogen-bond donors (Lipinski definition) is 0. The van der Waals surface area contributed by atoms with Crippen molar-refractivity contribution in [2.45, 2.75) is 25.9 Å². The summed E-state index contributed by atoms with van der Waals surface area (Å²) in [5, 5.41) is 2.07. The molecule has 1 aromatic heterocycles. The van der Waals surface area contributed by atoms with Crippen LogP contribution >= 0.6 is 0 Å². The van der Waals surface area contributed by atoms with Gasteiger partial charge >= 0.3 is 0 Å². The van der Waals surface area contributed by atoms with Crippen LogP contribution in [0.25, 0.3) is 22.0 Å². The highest BCUT2D eigenvalue weighted by molar-refractivity contribution is 6.07. The number of Topliss-reactive ketones (excluding diaryl/α,β-unsaturated/α-hetero) is 1. The predicted molar refractivity (Wildman–Crippen MR) is 107 cm³/mol. The highest BCUT2D eigenvalue weighted by Gasteiger charge is 2.30. The largest absolute Gasteiger partial charge is 0.290 e. The van der Waals surface area contributed by atoms with Crippen LogP contribution in [0.2, 0.25) is 0 Å². The normalized spacial score (nSPS) is 13.0. The zero-order valence-corrected chi connectivity index (χ0v) is 15.4. The van der Waals surface area contributed by atoms with Gasteiger partial charge in [-0.3, -0.25) is 4.79 Å². The van der Waals surface area contributed by atoms with Crippen LogP contribution in [0.1, 0.15) is 22.6 Å². The van der Waals surface area contributed by atoms with Crippen LogP contribution in [-0.4, -0.2) is 10.4 Å². The number of carbonyl (C=O) groups is 1. The Bertz CT molecular complexity index is 1190. The van der Waals surface area contributed by atoms with Gasteiger partial charge in [0.1, 0.15) is 12.0 Å². The lowest BCUT2D eigenvalue weighted by Gasteiger charge is -2.05.